The Kier molecular flexibility index (Phi) is 5.26. The first-order valence-corrected chi connectivity index (χ1v) is 9.24. The quantitative estimate of drug-likeness (QED) is 0.612. The van der Waals surface area contributed by atoms with E-state index < -0.39 is 0 Å². The molecule has 1 unspecified atom stereocenters. The molecule has 1 aromatic heterocycles. The molecular weight excluding hydrogens is 393 g/mol. The maximum Gasteiger partial charge on any atom is 0.232 e. The summed E-state index contributed by atoms with van der Waals surface area (Å²) in [6.45, 7) is 0.364. The third-order valence-electron chi connectivity index (χ3n) is 4.98. The molecule has 1 aliphatic heterocycles. The highest BCUT2D eigenvalue weighted by molar-refractivity contribution is 5.97. The summed E-state index contributed by atoms with van der Waals surface area (Å²) in [5.41, 5.74) is 1.26. The molecule has 2 heterocycles. The minimum atomic E-state index is -0.343. The molecular formula is C21H20FN3O5. The van der Waals surface area contributed by atoms with E-state index in [1.165, 1.54) is 33.5 Å². The Morgan fingerprint density at radius 1 is 1.07 bits per heavy atom. The van der Waals surface area contributed by atoms with Crippen LogP contribution in [0.3, 0.4) is 0 Å². The number of hydrogen-bond acceptors (Lipinski definition) is 7. The van der Waals surface area contributed by atoms with Gasteiger partial charge in [0.2, 0.25) is 23.4 Å². The molecule has 1 amide bonds. The number of benzene rings is 2. The lowest BCUT2D eigenvalue weighted by molar-refractivity contribution is -0.117. The van der Waals surface area contributed by atoms with Crippen LogP contribution in [0, 0.1) is 5.82 Å². The Labute approximate surface area is 172 Å². The van der Waals surface area contributed by atoms with Gasteiger partial charge in [-0.05, 0) is 24.3 Å². The van der Waals surface area contributed by atoms with Crippen molar-refractivity contribution in [3.05, 3.63) is 48.1 Å². The lowest BCUT2D eigenvalue weighted by Gasteiger charge is -2.20. The largest absolute Gasteiger partial charge is 0.493 e. The molecule has 0 aliphatic carbocycles. The van der Waals surface area contributed by atoms with Gasteiger partial charge in [-0.2, -0.15) is 4.98 Å². The van der Waals surface area contributed by atoms with Gasteiger partial charge in [0.1, 0.15) is 5.82 Å². The predicted molar refractivity (Wildman–Crippen MR) is 106 cm³/mol. The van der Waals surface area contributed by atoms with Crippen molar-refractivity contribution in [1.29, 1.82) is 0 Å². The fraction of sp³-hybridized carbons (Fsp3) is 0.286. The van der Waals surface area contributed by atoms with Crippen molar-refractivity contribution in [2.45, 2.75) is 12.3 Å². The Morgan fingerprint density at radius 3 is 2.33 bits per heavy atom. The van der Waals surface area contributed by atoms with Gasteiger partial charge in [-0.1, -0.05) is 5.16 Å². The summed E-state index contributed by atoms with van der Waals surface area (Å²) in [4.78, 5) is 18.7. The van der Waals surface area contributed by atoms with Crippen LogP contribution in [0.1, 0.15) is 18.2 Å². The lowest BCUT2D eigenvalue weighted by atomic mass is 10.1. The predicted octanol–water partition coefficient (Wildman–Crippen LogP) is 3.42. The van der Waals surface area contributed by atoms with Gasteiger partial charge in [-0.15, -0.1) is 0 Å². The second-order valence-corrected chi connectivity index (χ2v) is 6.75. The van der Waals surface area contributed by atoms with Crippen LogP contribution in [0.4, 0.5) is 10.1 Å². The summed E-state index contributed by atoms with van der Waals surface area (Å²) in [5.74, 6) is 1.38. The molecule has 0 bridgehead atoms. The highest BCUT2D eigenvalue weighted by Crippen LogP contribution is 2.43. The molecule has 4 rings (SSSR count). The van der Waals surface area contributed by atoms with E-state index in [-0.39, 0.29) is 24.1 Å². The van der Waals surface area contributed by atoms with Crippen molar-refractivity contribution in [1.82, 2.24) is 10.1 Å². The maximum absolute atomic E-state index is 13.1. The minimum Gasteiger partial charge on any atom is -0.493 e. The molecule has 0 radical (unpaired) electrons. The second kappa shape index (κ2) is 8.02. The summed E-state index contributed by atoms with van der Waals surface area (Å²) in [7, 11) is 4.56. The molecule has 30 heavy (non-hydrogen) atoms. The number of aromatic nitrogens is 2. The number of nitrogens with zero attached hydrogens (tertiary/aromatic N) is 3. The van der Waals surface area contributed by atoms with Gasteiger partial charge in [0.05, 0.1) is 32.9 Å². The molecule has 0 N–H and O–H groups in total. The monoisotopic (exact) mass is 413 g/mol. The van der Waals surface area contributed by atoms with E-state index in [4.69, 9.17) is 18.7 Å². The van der Waals surface area contributed by atoms with Crippen molar-refractivity contribution < 1.29 is 27.9 Å². The standard InChI is InChI=1S/C21H20FN3O5/c1-27-16-9-15(10-17(28-2)19(16)29-3)25-11-13(8-18(25)26)21-23-20(24-30-21)12-4-6-14(22)7-5-12/h4-7,9-10,13H,8,11H2,1-3H3. The van der Waals surface area contributed by atoms with Crippen LogP contribution < -0.4 is 19.1 Å². The average Bonchev–Trinajstić information content (AvgIpc) is 3.40. The zero-order valence-electron chi connectivity index (χ0n) is 16.7. The van der Waals surface area contributed by atoms with Crippen LogP contribution in [0.15, 0.2) is 40.9 Å². The van der Waals surface area contributed by atoms with E-state index in [0.29, 0.717) is 46.8 Å². The number of anilines is 1. The highest BCUT2D eigenvalue weighted by atomic mass is 19.1. The molecule has 9 heteroatoms. The van der Waals surface area contributed by atoms with Crippen molar-refractivity contribution >= 4 is 11.6 Å². The van der Waals surface area contributed by atoms with Crippen LogP contribution in [0.25, 0.3) is 11.4 Å². The summed E-state index contributed by atoms with van der Waals surface area (Å²) >= 11 is 0. The van der Waals surface area contributed by atoms with Gasteiger partial charge in [0, 0.05) is 30.7 Å². The Balaban J connectivity index is 1.59. The lowest BCUT2D eigenvalue weighted by Crippen LogP contribution is -2.24. The minimum absolute atomic E-state index is 0.0872. The van der Waals surface area contributed by atoms with E-state index in [1.807, 2.05) is 0 Å². The van der Waals surface area contributed by atoms with Crippen LogP contribution in [-0.2, 0) is 4.79 Å². The Morgan fingerprint density at radius 2 is 1.73 bits per heavy atom. The molecule has 0 spiro atoms. The first kappa shape index (κ1) is 19.7. The average molecular weight is 413 g/mol. The molecule has 1 aliphatic rings. The van der Waals surface area contributed by atoms with Gasteiger partial charge < -0.3 is 23.6 Å². The number of ether oxygens (including phenoxy) is 3. The Bertz CT molecular complexity index is 1040. The smallest absolute Gasteiger partial charge is 0.232 e. The van der Waals surface area contributed by atoms with E-state index in [2.05, 4.69) is 10.1 Å². The molecule has 1 fully saturated rings. The summed E-state index contributed by atoms with van der Waals surface area (Å²) < 4.78 is 34.6. The molecule has 156 valence electrons. The molecule has 0 saturated carbocycles. The Hall–Kier alpha value is -3.62. The second-order valence-electron chi connectivity index (χ2n) is 6.75. The fourth-order valence-corrected chi connectivity index (χ4v) is 3.46. The molecule has 2 aromatic carbocycles. The number of carbonyl (C=O) groups excluding carboxylic acids is 1. The fourth-order valence-electron chi connectivity index (χ4n) is 3.46. The molecule has 3 aromatic rings. The van der Waals surface area contributed by atoms with Crippen molar-refractivity contribution in [3.8, 4) is 28.6 Å². The van der Waals surface area contributed by atoms with Crippen molar-refractivity contribution in [3.63, 3.8) is 0 Å². The van der Waals surface area contributed by atoms with Gasteiger partial charge in [0.25, 0.3) is 0 Å². The van der Waals surface area contributed by atoms with E-state index >= 15 is 0 Å². The van der Waals surface area contributed by atoms with Crippen molar-refractivity contribution in [2.24, 2.45) is 0 Å². The maximum atomic E-state index is 13.1. The van der Waals surface area contributed by atoms with Crippen LogP contribution in [0.5, 0.6) is 17.2 Å². The number of amides is 1. The number of hydrogen-bond donors (Lipinski definition) is 0. The van der Waals surface area contributed by atoms with Crippen LogP contribution in [-0.4, -0.2) is 43.9 Å². The van der Waals surface area contributed by atoms with Gasteiger partial charge in [0.15, 0.2) is 11.5 Å². The summed E-state index contributed by atoms with van der Waals surface area (Å²) in [5, 5.41) is 3.97. The summed E-state index contributed by atoms with van der Waals surface area (Å²) in [6.07, 6.45) is 0.224. The van der Waals surface area contributed by atoms with Gasteiger partial charge in [-0.25, -0.2) is 4.39 Å². The third-order valence-corrected chi connectivity index (χ3v) is 4.98. The van der Waals surface area contributed by atoms with Gasteiger partial charge >= 0.3 is 0 Å². The number of rotatable bonds is 6. The van der Waals surface area contributed by atoms with Gasteiger partial charge in [-0.3, -0.25) is 4.79 Å². The van der Waals surface area contributed by atoms with E-state index in [1.54, 1.807) is 29.2 Å². The number of halogens is 1. The number of methoxy groups -OCH3 is 3. The van der Waals surface area contributed by atoms with E-state index in [9.17, 15) is 9.18 Å². The zero-order chi connectivity index (χ0) is 21.3. The molecule has 1 saturated heterocycles. The highest BCUT2D eigenvalue weighted by Gasteiger charge is 2.36. The van der Waals surface area contributed by atoms with Crippen LogP contribution in [0.2, 0.25) is 0 Å². The molecule has 1 atom stereocenters. The zero-order valence-corrected chi connectivity index (χ0v) is 16.7. The normalized spacial score (nSPS) is 16.1. The topological polar surface area (TPSA) is 86.9 Å². The summed E-state index contributed by atoms with van der Waals surface area (Å²) in [6, 6.07) is 9.25. The van der Waals surface area contributed by atoms with E-state index in [0.717, 1.165) is 0 Å². The number of carbonyl (C=O) groups is 1. The molecule has 8 nitrogen and oxygen atoms in total. The van der Waals surface area contributed by atoms with Crippen LogP contribution >= 0.6 is 0 Å². The first-order valence-electron chi connectivity index (χ1n) is 9.24. The first-order chi connectivity index (χ1) is 14.5. The third kappa shape index (κ3) is 3.54. The SMILES string of the molecule is COc1cc(N2CC(c3nc(-c4ccc(F)cc4)no3)CC2=O)cc(OC)c1OC. The van der Waals surface area contributed by atoms with Crippen molar-refractivity contribution in [2.75, 3.05) is 32.8 Å².